The summed E-state index contributed by atoms with van der Waals surface area (Å²) in [5, 5.41) is 0. The van der Waals surface area contributed by atoms with Gasteiger partial charge in [-0.2, -0.15) is 0 Å². The van der Waals surface area contributed by atoms with Crippen molar-refractivity contribution in [2.24, 2.45) is 0 Å². The largest absolute Gasteiger partial charge is 0.206 e. The van der Waals surface area contributed by atoms with Crippen molar-refractivity contribution in [2.75, 3.05) is 0 Å². The summed E-state index contributed by atoms with van der Waals surface area (Å²) in [6.07, 6.45) is 3.46. The molecule has 0 fully saturated rings. The molecule has 138 valence electrons. The van der Waals surface area contributed by atoms with Crippen molar-refractivity contribution in [1.29, 1.82) is 0 Å². The summed E-state index contributed by atoms with van der Waals surface area (Å²) in [7, 11) is 0. The van der Waals surface area contributed by atoms with E-state index in [9.17, 15) is 4.39 Å². The van der Waals surface area contributed by atoms with E-state index < -0.39 is 0 Å². The van der Waals surface area contributed by atoms with Crippen LogP contribution >= 0.6 is 0 Å². The summed E-state index contributed by atoms with van der Waals surface area (Å²) in [4.78, 5) is 0. The maximum Gasteiger partial charge on any atom is 0.140 e. The highest BCUT2D eigenvalue weighted by Crippen LogP contribution is 2.11. The van der Waals surface area contributed by atoms with E-state index in [0.717, 1.165) is 17.5 Å². The maximum absolute atomic E-state index is 14.4. The van der Waals surface area contributed by atoms with Crippen LogP contribution in [-0.2, 0) is 6.42 Å². The molecule has 0 amide bonds. The lowest BCUT2D eigenvalue weighted by molar-refractivity contribution is 0.624. The van der Waals surface area contributed by atoms with Gasteiger partial charge in [0.05, 0.1) is 5.56 Å². The normalized spacial score (nSPS) is 9.82. The van der Waals surface area contributed by atoms with E-state index in [-0.39, 0.29) is 5.82 Å². The third-order valence-electron chi connectivity index (χ3n) is 4.49. The van der Waals surface area contributed by atoms with Crippen LogP contribution in [-0.4, -0.2) is 0 Å². The van der Waals surface area contributed by atoms with Gasteiger partial charge in [0.15, 0.2) is 0 Å². The fourth-order valence-electron chi connectivity index (χ4n) is 2.75. The second kappa shape index (κ2) is 9.59. The number of aryl methyl sites for hydroxylation is 2. The minimum Gasteiger partial charge on any atom is -0.206 e. The first-order valence-electron chi connectivity index (χ1n) is 9.63. The molecule has 0 heterocycles. The summed E-state index contributed by atoms with van der Waals surface area (Å²) in [6, 6.07) is 21.1. The summed E-state index contributed by atoms with van der Waals surface area (Å²) in [6.45, 7) is 4.22. The first-order valence-corrected chi connectivity index (χ1v) is 9.63. The molecule has 0 unspecified atom stereocenters. The third-order valence-corrected chi connectivity index (χ3v) is 4.49. The first-order chi connectivity index (χ1) is 13.6. The average Bonchev–Trinajstić information content (AvgIpc) is 2.72. The van der Waals surface area contributed by atoms with E-state index in [0.29, 0.717) is 11.1 Å². The zero-order valence-corrected chi connectivity index (χ0v) is 16.4. The van der Waals surface area contributed by atoms with E-state index in [2.05, 4.69) is 42.7 Å². The summed E-state index contributed by atoms with van der Waals surface area (Å²) in [5.41, 5.74) is 5.34. The predicted molar refractivity (Wildman–Crippen MR) is 115 cm³/mol. The summed E-state index contributed by atoms with van der Waals surface area (Å²) >= 11 is 0. The average molecular weight is 366 g/mol. The molecule has 0 saturated carbocycles. The molecular formula is C27H23F. The lowest BCUT2D eigenvalue weighted by atomic mass is 10.1. The maximum atomic E-state index is 14.4. The van der Waals surface area contributed by atoms with Crippen molar-refractivity contribution < 1.29 is 4.39 Å². The number of hydrogen-bond donors (Lipinski definition) is 0. The molecule has 0 aliphatic heterocycles. The van der Waals surface area contributed by atoms with Crippen molar-refractivity contribution in [1.82, 2.24) is 0 Å². The molecule has 0 atom stereocenters. The highest BCUT2D eigenvalue weighted by atomic mass is 19.1. The Labute approximate surface area is 167 Å². The second-order valence-electron chi connectivity index (χ2n) is 6.86. The molecule has 0 nitrogen and oxygen atoms in total. The Balaban J connectivity index is 1.71. The fourth-order valence-corrected chi connectivity index (χ4v) is 2.75. The minimum atomic E-state index is -0.345. The molecule has 0 N–H and O–H groups in total. The van der Waals surface area contributed by atoms with Crippen LogP contribution in [0.2, 0.25) is 0 Å². The van der Waals surface area contributed by atoms with Crippen LogP contribution in [0, 0.1) is 36.4 Å². The van der Waals surface area contributed by atoms with Gasteiger partial charge in [0.1, 0.15) is 5.82 Å². The smallest absolute Gasteiger partial charge is 0.140 e. The van der Waals surface area contributed by atoms with Crippen LogP contribution in [0.15, 0.2) is 66.7 Å². The van der Waals surface area contributed by atoms with Crippen LogP contribution in [0.3, 0.4) is 0 Å². The molecule has 0 bridgehead atoms. The second-order valence-corrected chi connectivity index (χ2v) is 6.86. The Hall–Kier alpha value is -3.29. The monoisotopic (exact) mass is 366 g/mol. The summed E-state index contributed by atoms with van der Waals surface area (Å²) < 4.78 is 14.4. The number of hydrogen-bond acceptors (Lipinski definition) is 0. The van der Waals surface area contributed by atoms with Gasteiger partial charge in [-0.25, -0.2) is 4.39 Å². The molecule has 3 rings (SSSR count). The number of unbranched alkanes of at least 4 members (excludes halogenated alkanes) is 1. The van der Waals surface area contributed by atoms with E-state index in [4.69, 9.17) is 0 Å². The van der Waals surface area contributed by atoms with E-state index in [1.165, 1.54) is 30.0 Å². The van der Waals surface area contributed by atoms with E-state index in [1.54, 1.807) is 6.07 Å². The van der Waals surface area contributed by atoms with Crippen molar-refractivity contribution in [3.8, 4) is 23.7 Å². The zero-order chi connectivity index (χ0) is 19.8. The Morgan fingerprint density at radius 2 is 1.29 bits per heavy atom. The Morgan fingerprint density at radius 3 is 1.93 bits per heavy atom. The highest BCUT2D eigenvalue weighted by Gasteiger charge is 2.00. The van der Waals surface area contributed by atoms with E-state index >= 15 is 0 Å². The fraction of sp³-hybridized carbons (Fsp3) is 0.185. The topological polar surface area (TPSA) is 0 Å². The lowest BCUT2D eigenvalue weighted by Gasteiger charge is -1.99. The molecule has 0 aromatic heterocycles. The quantitative estimate of drug-likeness (QED) is 0.479. The number of rotatable bonds is 3. The standard InChI is InChI=1S/C27H23F/c1-3-4-5-22-10-12-24(13-11-22)16-18-26-19-17-25(20-27(26)28)15-14-23-8-6-21(2)7-9-23/h6-13,17,19-20H,3-5H2,1-2H3. The van der Waals surface area contributed by atoms with Crippen molar-refractivity contribution >= 4 is 0 Å². The van der Waals surface area contributed by atoms with Gasteiger partial charge < -0.3 is 0 Å². The lowest BCUT2D eigenvalue weighted by Crippen LogP contribution is -1.87. The highest BCUT2D eigenvalue weighted by molar-refractivity contribution is 5.49. The summed E-state index contributed by atoms with van der Waals surface area (Å²) in [5.74, 6) is 11.7. The predicted octanol–water partition coefficient (Wildman–Crippen LogP) is 6.28. The van der Waals surface area contributed by atoms with Gasteiger partial charge >= 0.3 is 0 Å². The zero-order valence-electron chi connectivity index (χ0n) is 16.4. The molecular weight excluding hydrogens is 343 g/mol. The molecule has 0 spiro atoms. The van der Waals surface area contributed by atoms with E-state index in [1.807, 2.05) is 49.4 Å². The van der Waals surface area contributed by atoms with Gasteiger partial charge in [-0.1, -0.05) is 66.9 Å². The van der Waals surface area contributed by atoms with Gasteiger partial charge in [0.2, 0.25) is 0 Å². The molecule has 3 aromatic carbocycles. The van der Waals surface area contributed by atoms with Crippen LogP contribution in [0.4, 0.5) is 4.39 Å². The van der Waals surface area contributed by atoms with Crippen LogP contribution in [0.5, 0.6) is 0 Å². The molecule has 0 aliphatic carbocycles. The molecule has 1 heteroatoms. The number of benzene rings is 3. The minimum absolute atomic E-state index is 0.345. The Bertz CT molecular complexity index is 1050. The van der Waals surface area contributed by atoms with Gasteiger partial charge in [-0.15, -0.1) is 0 Å². The number of halogens is 1. The van der Waals surface area contributed by atoms with Gasteiger partial charge in [0.25, 0.3) is 0 Å². The van der Waals surface area contributed by atoms with Crippen LogP contribution < -0.4 is 0 Å². The van der Waals surface area contributed by atoms with Gasteiger partial charge in [-0.3, -0.25) is 0 Å². The third kappa shape index (κ3) is 5.60. The van der Waals surface area contributed by atoms with Crippen molar-refractivity contribution in [3.63, 3.8) is 0 Å². The Morgan fingerprint density at radius 1 is 0.714 bits per heavy atom. The van der Waals surface area contributed by atoms with Crippen molar-refractivity contribution in [3.05, 3.63) is 106 Å². The first kappa shape index (κ1) is 19.5. The molecule has 28 heavy (non-hydrogen) atoms. The van der Waals surface area contributed by atoms with Crippen LogP contribution in [0.25, 0.3) is 0 Å². The molecule has 0 radical (unpaired) electrons. The SMILES string of the molecule is CCCCc1ccc(C#Cc2ccc(C#Cc3ccc(C)cc3)cc2F)cc1. The Kier molecular flexibility index (Phi) is 6.67. The molecule has 0 saturated heterocycles. The van der Waals surface area contributed by atoms with Crippen LogP contribution in [0.1, 0.15) is 53.1 Å². The molecule has 0 aliphatic rings. The van der Waals surface area contributed by atoms with Crippen molar-refractivity contribution in [2.45, 2.75) is 33.1 Å². The van der Waals surface area contributed by atoms with Gasteiger partial charge in [0, 0.05) is 16.7 Å². The molecule has 3 aromatic rings. The van der Waals surface area contributed by atoms with Gasteiger partial charge in [-0.05, 0) is 67.8 Å².